The summed E-state index contributed by atoms with van der Waals surface area (Å²) >= 11 is 0. The van der Waals surface area contributed by atoms with Gasteiger partial charge in [0.25, 0.3) is 0 Å². The van der Waals surface area contributed by atoms with Crippen LogP contribution in [0.5, 0.6) is 5.75 Å². The largest absolute Gasteiger partial charge is 0.507 e. The minimum atomic E-state index is -0.478. The number of carbonyl (C=O) groups excluding carboxylic acids is 1. The lowest BCUT2D eigenvalue weighted by Gasteiger charge is -2.23. The van der Waals surface area contributed by atoms with E-state index in [4.69, 9.17) is 0 Å². The summed E-state index contributed by atoms with van der Waals surface area (Å²) in [5.74, 6) is 0.0328. The molecule has 0 atom stereocenters. The van der Waals surface area contributed by atoms with Crippen molar-refractivity contribution >= 4 is 11.5 Å². The third-order valence-corrected chi connectivity index (χ3v) is 3.04. The van der Waals surface area contributed by atoms with Crippen molar-refractivity contribution < 1.29 is 9.90 Å². The van der Waals surface area contributed by atoms with Gasteiger partial charge in [-0.2, -0.15) is 0 Å². The molecule has 1 aromatic rings. The quantitative estimate of drug-likeness (QED) is 0.831. The lowest BCUT2D eigenvalue weighted by molar-refractivity contribution is 0.0855. The normalized spacial score (nSPS) is 11.4. The van der Waals surface area contributed by atoms with Gasteiger partial charge >= 0.3 is 0 Å². The minimum absolute atomic E-state index is 0.0360. The molecule has 0 aliphatic carbocycles. The molecule has 0 amide bonds. The van der Waals surface area contributed by atoms with E-state index in [9.17, 15) is 9.90 Å². The lowest BCUT2D eigenvalue weighted by atomic mass is 9.86. The molecule has 0 aromatic heterocycles. The summed E-state index contributed by atoms with van der Waals surface area (Å²) < 4.78 is 0. The van der Waals surface area contributed by atoms with Gasteiger partial charge in [-0.25, -0.2) is 0 Å². The third-order valence-electron chi connectivity index (χ3n) is 3.04. The van der Waals surface area contributed by atoms with Crippen LogP contribution in [0.2, 0.25) is 0 Å². The first-order valence-electron chi connectivity index (χ1n) is 6.44. The number of hydrogen-bond donors (Lipinski definition) is 1. The lowest BCUT2D eigenvalue weighted by Crippen LogP contribution is -2.23. The molecule has 0 saturated heterocycles. The van der Waals surface area contributed by atoms with Gasteiger partial charge in [-0.3, -0.25) is 4.79 Å². The van der Waals surface area contributed by atoms with Crippen LogP contribution in [-0.4, -0.2) is 24.0 Å². The Morgan fingerprint density at radius 3 is 2.17 bits per heavy atom. The second-order valence-corrected chi connectivity index (χ2v) is 5.45. The number of carbonyl (C=O) groups is 1. The molecule has 1 N–H and O–H groups in total. The van der Waals surface area contributed by atoms with Crippen molar-refractivity contribution in [2.24, 2.45) is 5.41 Å². The highest BCUT2D eigenvalue weighted by atomic mass is 16.3. The van der Waals surface area contributed by atoms with Crippen LogP contribution in [0.15, 0.2) is 18.2 Å². The second-order valence-electron chi connectivity index (χ2n) is 5.45. The van der Waals surface area contributed by atoms with Crippen LogP contribution >= 0.6 is 0 Å². The first-order chi connectivity index (χ1) is 8.31. The van der Waals surface area contributed by atoms with E-state index >= 15 is 0 Å². The summed E-state index contributed by atoms with van der Waals surface area (Å²) in [4.78, 5) is 14.3. The smallest absolute Gasteiger partial charge is 0.171 e. The zero-order valence-corrected chi connectivity index (χ0v) is 11.9. The SMILES string of the molecule is CCN(CC)c1ccc(C(=O)C(C)(C)C)c(O)c1. The van der Waals surface area contributed by atoms with Crippen molar-refractivity contribution in [3.8, 4) is 5.75 Å². The molecule has 100 valence electrons. The number of phenolic OH excluding ortho intramolecular Hbond substituents is 1. The van der Waals surface area contributed by atoms with Crippen molar-refractivity contribution in [2.45, 2.75) is 34.6 Å². The Bertz CT molecular complexity index is 429. The Labute approximate surface area is 109 Å². The van der Waals surface area contributed by atoms with Crippen LogP contribution in [-0.2, 0) is 0 Å². The highest BCUT2D eigenvalue weighted by molar-refractivity contribution is 6.02. The van der Waals surface area contributed by atoms with Gasteiger partial charge in [0.15, 0.2) is 5.78 Å². The van der Waals surface area contributed by atoms with E-state index in [1.165, 1.54) is 0 Å². The monoisotopic (exact) mass is 249 g/mol. The van der Waals surface area contributed by atoms with Crippen LogP contribution in [0.25, 0.3) is 0 Å². The van der Waals surface area contributed by atoms with Gasteiger partial charge in [0.05, 0.1) is 5.56 Å². The summed E-state index contributed by atoms with van der Waals surface area (Å²) in [5.41, 5.74) is 0.871. The molecule has 0 bridgehead atoms. The maximum absolute atomic E-state index is 12.1. The molecule has 3 heteroatoms. The summed E-state index contributed by atoms with van der Waals surface area (Å²) in [6.45, 7) is 11.4. The Hall–Kier alpha value is -1.51. The number of Topliss-reactive ketones (excluding diaryl/α,β-unsaturated/α-hetero) is 1. The van der Waals surface area contributed by atoms with Crippen LogP contribution < -0.4 is 4.90 Å². The molecule has 0 fully saturated rings. The van der Waals surface area contributed by atoms with Crippen molar-refractivity contribution in [3.63, 3.8) is 0 Å². The Morgan fingerprint density at radius 1 is 1.22 bits per heavy atom. The van der Waals surface area contributed by atoms with Gasteiger partial charge in [0.1, 0.15) is 5.75 Å². The second kappa shape index (κ2) is 5.42. The average Bonchev–Trinajstić information content (AvgIpc) is 2.29. The number of benzene rings is 1. The van der Waals surface area contributed by atoms with Gasteiger partial charge < -0.3 is 10.0 Å². The van der Waals surface area contributed by atoms with Crippen LogP contribution in [0.1, 0.15) is 45.0 Å². The molecule has 1 aromatic carbocycles. The molecule has 0 radical (unpaired) electrons. The van der Waals surface area contributed by atoms with Gasteiger partial charge in [0.2, 0.25) is 0 Å². The molecule has 1 rings (SSSR count). The minimum Gasteiger partial charge on any atom is -0.507 e. The zero-order chi connectivity index (χ0) is 13.9. The van der Waals surface area contributed by atoms with E-state index < -0.39 is 5.41 Å². The summed E-state index contributed by atoms with van der Waals surface area (Å²) in [6.07, 6.45) is 0. The Balaban J connectivity index is 3.11. The van der Waals surface area contributed by atoms with Crippen LogP contribution in [0.3, 0.4) is 0 Å². The van der Waals surface area contributed by atoms with Crippen molar-refractivity contribution in [1.82, 2.24) is 0 Å². The number of anilines is 1. The summed E-state index contributed by atoms with van der Waals surface area (Å²) in [6, 6.07) is 5.29. The van der Waals surface area contributed by atoms with E-state index in [1.807, 2.05) is 26.8 Å². The van der Waals surface area contributed by atoms with Crippen molar-refractivity contribution in [3.05, 3.63) is 23.8 Å². The van der Waals surface area contributed by atoms with Crippen molar-refractivity contribution in [2.75, 3.05) is 18.0 Å². The average molecular weight is 249 g/mol. The molecule has 0 unspecified atom stereocenters. The van der Waals surface area contributed by atoms with Gasteiger partial charge in [-0.1, -0.05) is 20.8 Å². The fraction of sp³-hybridized carbons (Fsp3) is 0.533. The number of nitrogens with zero attached hydrogens (tertiary/aromatic N) is 1. The molecule has 3 nitrogen and oxygen atoms in total. The van der Waals surface area contributed by atoms with E-state index in [2.05, 4.69) is 18.7 Å². The number of hydrogen-bond acceptors (Lipinski definition) is 3. The fourth-order valence-corrected chi connectivity index (χ4v) is 1.90. The summed E-state index contributed by atoms with van der Waals surface area (Å²) in [7, 11) is 0. The van der Waals surface area contributed by atoms with E-state index in [0.29, 0.717) is 5.56 Å². The van der Waals surface area contributed by atoms with Gasteiger partial charge in [-0.15, -0.1) is 0 Å². The van der Waals surface area contributed by atoms with E-state index in [-0.39, 0.29) is 11.5 Å². The molecule has 0 heterocycles. The molecular weight excluding hydrogens is 226 g/mol. The number of aromatic hydroxyl groups is 1. The number of rotatable bonds is 4. The standard InChI is InChI=1S/C15H23NO2/c1-6-16(7-2)11-8-9-12(13(17)10-11)14(18)15(3,4)5/h8-10,17H,6-7H2,1-5H3. The molecular formula is C15H23NO2. The van der Waals surface area contributed by atoms with Crippen molar-refractivity contribution in [1.29, 1.82) is 0 Å². The maximum atomic E-state index is 12.1. The third kappa shape index (κ3) is 3.03. The molecule has 0 spiro atoms. The van der Waals surface area contributed by atoms with Gasteiger partial charge in [0, 0.05) is 30.3 Å². The van der Waals surface area contributed by atoms with E-state index in [0.717, 1.165) is 18.8 Å². The highest BCUT2D eigenvalue weighted by Crippen LogP contribution is 2.30. The molecule has 0 aliphatic heterocycles. The van der Waals surface area contributed by atoms with Crippen LogP contribution in [0, 0.1) is 5.41 Å². The first kappa shape index (κ1) is 14.6. The number of ketones is 1. The van der Waals surface area contributed by atoms with E-state index in [1.54, 1.807) is 12.1 Å². The number of phenols is 1. The predicted molar refractivity (Wildman–Crippen MR) is 75.5 cm³/mol. The first-order valence-corrected chi connectivity index (χ1v) is 6.44. The molecule has 0 saturated carbocycles. The molecule has 18 heavy (non-hydrogen) atoms. The Morgan fingerprint density at radius 2 is 1.78 bits per heavy atom. The fourth-order valence-electron chi connectivity index (χ4n) is 1.90. The summed E-state index contributed by atoms with van der Waals surface area (Å²) in [5, 5.41) is 10.0. The van der Waals surface area contributed by atoms with Gasteiger partial charge in [-0.05, 0) is 26.0 Å². The highest BCUT2D eigenvalue weighted by Gasteiger charge is 2.25. The zero-order valence-electron chi connectivity index (χ0n) is 11.9. The predicted octanol–water partition coefficient (Wildman–Crippen LogP) is 3.47. The topological polar surface area (TPSA) is 40.5 Å². The maximum Gasteiger partial charge on any atom is 0.171 e. The van der Waals surface area contributed by atoms with Crippen LogP contribution in [0.4, 0.5) is 5.69 Å². The Kier molecular flexibility index (Phi) is 4.38. The molecule has 0 aliphatic rings.